The number of hydrogen-bond donors (Lipinski definition) is 1. The van der Waals surface area contributed by atoms with Gasteiger partial charge in [-0.25, -0.2) is 4.79 Å². The molecule has 0 aliphatic carbocycles. The summed E-state index contributed by atoms with van der Waals surface area (Å²) in [5, 5.41) is 10.0. The van der Waals surface area contributed by atoms with Gasteiger partial charge in [0.15, 0.2) is 0 Å². The highest BCUT2D eigenvalue weighted by Gasteiger charge is 2.32. The fraction of sp³-hybridized carbons (Fsp3) is 0.833. The normalized spacial score (nSPS) is 14.8. The lowest BCUT2D eigenvalue weighted by Crippen LogP contribution is -2.31. The fourth-order valence-corrected chi connectivity index (χ4v) is 3.91. The van der Waals surface area contributed by atoms with E-state index in [1.165, 1.54) is 38.5 Å². The van der Waals surface area contributed by atoms with Crippen molar-refractivity contribution in [2.75, 3.05) is 0 Å². The monoisotopic (exact) mass is 439 g/mol. The molecule has 0 spiro atoms. The van der Waals surface area contributed by atoms with E-state index in [9.17, 15) is 24.3 Å². The molecule has 0 aromatic rings. The molecule has 0 aromatic carbocycles. The summed E-state index contributed by atoms with van der Waals surface area (Å²) in [6.45, 7) is 2.21. The van der Waals surface area contributed by atoms with E-state index in [2.05, 4.69) is 6.92 Å². The largest absolute Gasteiger partial charge is 0.481 e. The number of carbonyl (C=O) groups excluding carboxylic acids is 3. The Labute approximate surface area is 186 Å². The van der Waals surface area contributed by atoms with Crippen molar-refractivity contribution in [1.29, 1.82) is 0 Å². The predicted octanol–water partition coefficient (Wildman–Crippen LogP) is 5.56. The van der Waals surface area contributed by atoms with E-state index < -0.39 is 23.8 Å². The molecule has 1 aliphatic rings. The summed E-state index contributed by atoms with van der Waals surface area (Å²) in [4.78, 5) is 50.8. The van der Waals surface area contributed by atoms with Crippen LogP contribution in [0.2, 0.25) is 0 Å². The van der Waals surface area contributed by atoms with Gasteiger partial charge in [0.1, 0.15) is 0 Å². The number of carboxylic acids is 1. The second kappa shape index (κ2) is 16.7. The molecule has 1 aliphatic heterocycles. The molecule has 7 nitrogen and oxygen atoms in total. The van der Waals surface area contributed by atoms with Gasteiger partial charge in [-0.15, -0.1) is 5.06 Å². The Hall–Kier alpha value is -1.92. The maximum absolute atomic E-state index is 11.7. The molecule has 1 saturated heterocycles. The van der Waals surface area contributed by atoms with Gasteiger partial charge >= 0.3 is 11.9 Å². The van der Waals surface area contributed by atoms with Crippen LogP contribution >= 0.6 is 0 Å². The van der Waals surface area contributed by atoms with Gasteiger partial charge in [0.2, 0.25) is 0 Å². The Kier molecular flexibility index (Phi) is 14.6. The lowest BCUT2D eigenvalue weighted by molar-refractivity contribution is -0.197. The van der Waals surface area contributed by atoms with Crippen molar-refractivity contribution < 1.29 is 29.1 Å². The fourth-order valence-electron chi connectivity index (χ4n) is 3.91. The van der Waals surface area contributed by atoms with Crippen LogP contribution < -0.4 is 0 Å². The molecule has 0 aromatic heterocycles. The van der Waals surface area contributed by atoms with Crippen LogP contribution in [0.1, 0.15) is 122 Å². The molecule has 0 radical (unpaired) electrons. The van der Waals surface area contributed by atoms with Crippen LogP contribution in [0, 0.1) is 5.92 Å². The van der Waals surface area contributed by atoms with Crippen LogP contribution in [0.4, 0.5) is 0 Å². The first-order valence-corrected chi connectivity index (χ1v) is 12.2. The molecule has 7 heteroatoms. The smallest absolute Gasteiger partial charge is 0.333 e. The van der Waals surface area contributed by atoms with Gasteiger partial charge in [-0.3, -0.25) is 14.4 Å². The molecule has 1 unspecified atom stereocenters. The number of rotatable bonds is 19. The Balaban J connectivity index is 2.01. The molecule has 0 saturated carbocycles. The van der Waals surface area contributed by atoms with Gasteiger partial charge < -0.3 is 9.94 Å². The number of hydrogen-bond acceptors (Lipinski definition) is 5. The van der Waals surface area contributed by atoms with Crippen molar-refractivity contribution in [1.82, 2.24) is 5.06 Å². The van der Waals surface area contributed by atoms with Crippen molar-refractivity contribution in [2.24, 2.45) is 5.92 Å². The Morgan fingerprint density at radius 1 is 0.806 bits per heavy atom. The maximum Gasteiger partial charge on any atom is 0.333 e. The minimum absolute atomic E-state index is 0.0997. The van der Waals surface area contributed by atoms with E-state index in [0.29, 0.717) is 17.9 Å². The van der Waals surface area contributed by atoms with Crippen molar-refractivity contribution in [3.05, 3.63) is 0 Å². The molecular weight excluding hydrogens is 398 g/mol. The van der Waals surface area contributed by atoms with Crippen molar-refractivity contribution >= 4 is 23.8 Å². The summed E-state index contributed by atoms with van der Waals surface area (Å²) in [6, 6.07) is 0. The minimum atomic E-state index is -0.684. The second-order valence-corrected chi connectivity index (χ2v) is 8.65. The lowest BCUT2D eigenvalue weighted by Gasteiger charge is -2.13. The molecule has 2 amide bonds. The van der Waals surface area contributed by atoms with Crippen LogP contribution in [-0.2, 0) is 24.0 Å². The maximum atomic E-state index is 11.7. The van der Waals surface area contributed by atoms with Crippen molar-refractivity contribution in [2.45, 2.75) is 122 Å². The third kappa shape index (κ3) is 12.5. The molecule has 1 atom stereocenters. The third-order valence-corrected chi connectivity index (χ3v) is 5.89. The lowest BCUT2D eigenvalue weighted by atomic mass is 9.94. The SMILES string of the molecule is CCCCCCCCCCC(CCCCCCCC(=O)ON1C(=O)CCC1=O)C(=O)O. The van der Waals surface area contributed by atoms with Gasteiger partial charge in [-0.1, -0.05) is 84.0 Å². The molecule has 1 fully saturated rings. The third-order valence-electron chi connectivity index (χ3n) is 5.89. The first-order chi connectivity index (χ1) is 15.0. The highest BCUT2D eigenvalue weighted by molar-refractivity contribution is 6.01. The molecule has 31 heavy (non-hydrogen) atoms. The molecule has 1 rings (SSSR count). The van der Waals surface area contributed by atoms with E-state index in [1.54, 1.807) is 0 Å². The zero-order valence-corrected chi connectivity index (χ0v) is 19.2. The van der Waals surface area contributed by atoms with Crippen LogP contribution in [-0.4, -0.2) is 33.9 Å². The first kappa shape index (κ1) is 27.1. The number of carboxylic acid groups (broad SMARTS) is 1. The van der Waals surface area contributed by atoms with Crippen molar-refractivity contribution in [3.63, 3.8) is 0 Å². The Morgan fingerprint density at radius 2 is 1.26 bits per heavy atom. The quantitative estimate of drug-likeness (QED) is 0.209. The molecule has 0 bridgehead atoms. The highest BCUT2D eigenvalue weighted by atomic mass is 16.7. The molecule has 1 heterocycles. The van der Waals surface area contributed by atoms with Gasteiger partial charge in [0, 0.05) is 19.3 Å². The van der Waals surface area contributed by atoms with Gasteiger partial charge in [-0.2, -0.15) is 0 Å². The standard InChI is InChI=1S/C24H41NO6/c1-2-3-4-5-6-7-9-12-15-20(24(29)30)16-13-10-8-11-14-17-23(28)31-25-21(26)18-19-22(25)27/h20H,2-19H2,1H3,(H,29,30). The zero-order valence-electron chi connectivity index (χ0n) is 19.2. The second-order valence-electron chi connectivity index (χ2n) is 8.65. The van der Waals surface area contributed by atoms with E-state index in [0.717, 1.165) is 44.9 Å². The summed E-state index contributed by atoms with van der Waals surface area (Å²) in [7, 11) is 0. The summed E-state index contributed by atoms with van der Waals surface area (Å²) < 4.78 is 0. The summed E-state index contributed by atoms with van der Waals surface area (Å²) in [5.74, 6) is -2.40. The average Bonchev–Trinajstić information content (AvgIpc) is 3.05. The first-order valence-electron chi connectivity index (χ1n) is 12.2. The van der Waals surface area contributed by atoms with E-state index >= 15 is 0 Å². The average molecular weight is 440 g/mol. The van der Waals surface area contributed by atoms with Gasteiger partial charge in [-0.05, 0) is 19.3 Å². The van der Waals surface area contributed by atoms with Crippen LogP contribution in [0.15, 0.2) is 0 Å². The summed E-state index contributed by atoms with van der Waals surface area (Å²) in [6.07, 6.45) is 15.9. The number of aliphatic carboxylic acids is 1. The van der Waals surface area contributed by atoms with Crippen LogP contribution in [0.25, 0.3) is 0 Å². The van der Waals surface area contributed by atoms with Crippen LogP contribution in [0.3, 0.4) is 0 Å². The highest BCUT2D eigenvalue weighted by Crippen LogP contribution is 2.20. The summed E-state index contributed by atoms with van der Waals surface area (Å²) >= 11 is 0. The van der Waals surface area contributed by atoms with Crippen molar-refractivity contribution in [3.8, 4) is 0 Å². The van der Waals surface area contributed by atoms with Gasteiger partial charge in [0.05, 0.1) is 5.92 Å². The zero-order chi connectivity index (χ0) is 22.9. The van der Waals surface area contributed by atoms with E-state index in [1.807, 2.05) is 0 Å². The minimum Gasteiger partial charge on any atom is -0.481 e. The number of unbranched alkanes of at least 4 members (excludes halogenated alkanes) is 11. The number of hydroxylamine groups is 2. The molecule has 1 N–H and O–H groups in total. The Morgan fingerprint density at radius 3 is 1.74 bits per heavy atom. The van der Waals surface area contributed by atoms with E-state index in [-0.39, 0.29) is 25.2 Å². The van der Waals surface area contributed by atoms with Gasteiger partial charge in [0.25, 0.3) is 11.8 Å². The van der Waals surface area contributed by atoms with E-state index in [4.69, 9.17) is 4.84 Å². The summed E-state index contributed by atoms with van der Waals surface area (Å²) in [5.41, 5.74) is 0. The predicted molar refractivity (Wildman–Crippen MR) is 118 cm³/mol. The number of amides is 2. The number of nitrogens with zero attached hydrogens (tertiary/aromatic N) is 1. The molecular formula is C24H41NO6. The van der Waals surface area contributed by atoms with Crippen LogP contribution in [0.5, 0.6) is 0 Å². The molecule has 178 valence electrons. The number of imide groups is 1. The Bertz CT molecular complexity index is 546. The number of carbonyl (C=O) groups is 4. The topological polar surface area (TPSA) is 101 Å².